The molecule has 5 aromatic rings. The van der Waals surface area contributed by atoms with Crippen LogP contribution in [0.2, 0.25) is 0 Å². The molecule has 36 heavy (non-hydrogen) atoms. The van der Waals surface area contributed by atoms with Crippen molar-refractivity contribution in [1.29, 1.82) is 0 Å². The summed E-state index contributed by atoms with van der Waals surface area (Å²) in [6.45, 7) is 3.27. The summed E-state index contributed by atoms with van der Waals surface area (Å²) in [5.74, 6) is -1.11. The number of nitrogens with zero attached hydrogens (tertiary/aromatic N) is 2. The topological polar surface area (TPSA) is 94.3 Å². The van der Waals surface area contributed by atoms with Gasteiger partial charge in [0.1, 0.15) is 0 Å². The Bertz CT molecular complexity index is 1560. The highest BCUT2D eigenvalue weighted by Gasteiger charge is 2.21. The molecule has 0 atom stereocenters. The maximum absolute atomic E-state index is 13.1. The van der Waals surface area contributed by atoms with E-state index in [9.17, 15) is 9.59 Å². The van der Waals surface area contributed by atoms with Gasteiger partial charge in [-0.3, -0.25) is 4.79 Å². The molecule has 0 aliphatic carbocycles. The van der Waals surface area contributed by atoms with Crippen molar-refractivity contribution in [3.05, 3.63) is 102 Å². The van der Waals surface area contributed by atoms with Crippen LogP contribution in [0.15, 0.2) is 89.5 Å². The number of aryl methyl sites for hydroxylation is 2. The predicted molar refractivity (Wildman–Crippen MR) is 138 cm³/mol. The number of hydrogen-bond acceptors (Lipinski definition) is 6. The van der Waals surface area contributed by atoms with Crippen molar-refractivity contribution in [1.82, 2.24) is 10.1 Å². The van der Waals surface area contributed by atoms with Crippen LogP contribution in [0.3, 0.4) is 0 Å². The van der Waals surface area contributed by atoms with Crippen molar-refractivity contribution in [3.8, 4) is 22.4 Å². The second-order valence-electron chi connectivity index (χ2n) is 8.41. The Kier molecular flexibility index (Phi) is 6.28. The Labute approximate surface area is 207 Å². The highest BCUT2D eigenvalue weighted by molar-refractivity contribution is 6.05. The van der Waals surface area contributed by atoms with Crippen molar-refractivity contribution in [2.75, 3.05) is 11.9 Å². The van der Waals surface area contributed by atoms with Crippen molar-refractivity contribution >= 4 is 28.7 Å². The first-order valence-electron chi connectivity index (χ1n) is 11.4. The Morgan fingerprint density at radius 2 is 1.61 bits per heavy atom. The average Bonchev–Trinajstić information content (AvgIpc) is 3.28. The van der Waals surface area contributed by atoms with E-state index in [4.69, 9.17) is 9.26 Å². The number of ether oxygens (including phenoxy) is 1. The van der Waals surface area contributed by atoms with Gasteiger partial charge in [-0.2, -0.15) is 0 Å². The molecule has 7 nitrogen and oxygen atoms in total. The minimum atomic E-state index is -0.659. The van der Waals surface area contributed by atoms with Gasteiger partial charge in [0.05, 0.1) is 22.3 Å². The fraction of sp³-hybridized carbons (Fsp3) is 0.103. The molecule has 3 aromatic carbocycles. The molecule has 0 saturated heterocycles. The summed E-state index contributed by atoms with van der Waals surface area (Å²) >= 11 is 0. The number of fused-ring (bicyclic) bond motifs is 1. The lowest BCUT2D eigenvalue weighted by molar-refractivity contribution is -0.119. The quantitative estimate of drug-likeness (QED) is 0.303. The Hall–Kier alpha value is -4.78. The van der Waals surface area contributed by atoms with E-state index in [1.807, 2.05) is 85.8 Å². The molecule has 1 amide bonds. The zero-order chi connectivity index (χ0) is 25.1. The van der Waals surface area contributed by atoms with Crippen LogP contribution in [0, 0.1) is 13.8 Å². The normalized spacial score (nSPS) is 10.8. The number of pyridine rings is 1. The van der Waals surface area contributed by atoms with E-state index < -0.39 is 18.5 Å². The Morgan fingerprint density at radius 3 is 2.39 bits per heavy atom. The van der Waals surface area contributed by atoms with Crippen LogP contribution in [-0.2, 0) is 9.53 Å². The monoisotopic (exact) mass is 477 g/mol. The lowest BCUT2D eigenvalue weighted by atomic mass is 10.0. The second kappa shape index (κ2) is 9.84. The average molecular weight is 478 g/mol. The van der Waals surface area contributed by atoms with E-state index in [1.54, 1.807) is 13.0 Å². The molecule has 1 N–H and O–H groups in total. The Morgan fingerprint density at radius 1 is 0.889 bits per heavy atom. The molecule has 0 aliphatic rings. The van der Waals surface area contributed by atoms with Crippen molar-refractivity contribution < 1.29 is 18.8 Å². The first-order chi connectivity index (χ1) is 17.5. The molecule has 0 aliphatic heterocycles. The minimum absolute atomic E-state index is 0.235. The number of nitrogens with one attached hydrogen (secondary N) is 1. The maximum atomic E-state index is 13.1. The van der Waals surface area contributed by atoms with E-state index in [2.05, 4.69) is 15.5 Å². The Balaban J connectivity index is 1.36. The lowest BCUT2D eigenvalue weighted by Gasteiger charge is -2.12. The van der Waals surface area contributed by atoms with E-state index >= 15 is 0 Å². The fourth-order valence-corrected chi connectivity index (χ4v) is 3.98. The zero-order valence-corrected chi connectivity index (χ0v) is 19.8. The summed E-state index contributed by atoms with van der Waals surface area (Å²) in [5.41, 5.74) is 5.94. The SMILES string of the molecule is Cc1ccc(-c2cc(C(=O)OCC(=O)Nc3ccccc3-c3ccccc3)c3c(C)noc3n2)cc1. The van der Waals surface area contributed by atoms with Crippen LogP contribution >= 0.6 is 0 Å². The summed E-state index contributed by atoms with van der Waals surface area (Å²) < 4.78 is 10.7. The summed E-state index contributed by atoms with van der Waals surface area (Å²) in [5, 5.41) is 7.26. The molecule has 0 unspecified atom stereocenters. The number of para-hydroxylation sites is 1. The van der Waals surface area contributed by atoms with Gasteiger partial charge in [0.2, 0.25) is 0 Å². The van der Waals surface area contributed by atoms with Gasteiger partial charge >= 0.3 is 5.97 Å². The molecule has 2 aromatic heterocycles. The summed E-state index contributed by atoms with van der Waals surface area (Å²) in [4.78, 5) is 30.3. The predicted octanol–water partition coefficient (Wildman–Crippen LogP) is 5.97. The van der Waals surface area contributed by atoms with E-state index in [0.29, 0.717) is 22.5 Å². The summed E-state index contributed by atoms with van der Waals surface area (Å²) in [6, 6.07) is 26.6. The third-order valence-electron chi connectivity index (χ3n) is 5.80. The van der Waals surface area contributed by atoms with Crippen LogP contribution in [0.1, 0.15) is 21.6 Å². The van der Waals surface area contributed by atoms with Gasteiger partial charge in [0.25, 0.3) is 11.6 Å². The molecule has 0 radical (unpaired) electrons. The number of hydrogen-bond donors (Lipinski definition) is 1. The number of benzene rings is 3. The number of carbonyl (C=O) groups is 2. The number of esters is 1. The zero-order valence-electron chi connectivity index (χ0n) is 19.8. The molecule has 178 valence electrons. The largest absolute Gasteiger partial charge is 0.452 e. The van der Waals surface area contributed by atoms with Crippen LogP contribution < -0.4 is 5.32 Å². The lowest BCUT2D eigenvalue weighted by Crippen LogP contribution is -2.21. The molecular weight excluding hydrogens is 454 g/mol. The molecule has 0 saturated carbocycles. The maximum Gasteiger partial charge on any atom is 0.339 e. The van der Waals surface area contributed by atoms with E-state index in [-0.39, 0.29) is 11.3 Å². The number of carbonyl (C=O) groups excluding carboxylic acids is 2. The van der Waals surface area contributed by atoms with Crippen LogP contribution in [0.4, 0.5) is 5.69 Å². The standard InChI is InChI=1S/C29H23N3O4/c1-18-12-14-21(15-13-18)25-16-23(27-19(2)32-36-28(27)31-25)29(34)35-17-26(33)30-24-11-7-6-10-22(24)20-8-4-3-5-9-20/h3-16H,17H2,1-2H3,(H,30,33). The fourth-order valence-electron chi connectivity index (χ4n) is 3.98. The molecule has 2 heterocycles. The number of anilines is 1. The third kappa shape index (κ3) is 4.72. The van der Waals surface area contributed by atoms with Crippen molar-refractivity contribution in [2.24, 2.45) is 0 Å². The number of aromatic nitrogens is 2. The van der Waals surface area contributed by atoms with Gasteiger partial charge in [-0.25, -0.2) is 9.78 Å². The molecule has 5 rings (SSSR count). The minimum Gasteiger partial charge on any atom is -0.452 e. The van der Waals surface area contributed by atoms with Crippen LogP contribution in [0.25, 0.3) is 33.5 Å². The molecule has 0 bridgehead atoms. The van der Waals surface area contributed by atoms with Gasteiger partial charge in [-0.1, -0.05) is 83.5 Å². The number of rotatable bonds is 6. The highest BCUT2D eigenvalue weighted by Crippen LogP contribution is 2.29. The van der Waals surface area contributed by atoms with Gasteiger partial charge < -0.3 is 14.6 Å². The first-order valence-corrected chi connectivity index (χ1v) is 11.4. The van der Waals surface area contributed by atoms with Gasteiger partial charge in [-0.05, 0) is 31.5 Å². The highest BCUT2D eigenvalue weighted by atomic mass is 16.5. The van der Waals surface area contributed by atoms with Crippen LogP contribution in [-0.4, -0.2) is 28.6 Å². The molecular formula is C29H23N3O4. The van der Waals surface area contributed by atoms with E-state index in [0.717, 1.165) is 22.3 Å². The van der Waals surface area contributed by atoms with E-state index in [1.165, 1.54) is 0 Å². The smallest absolute Gasteiger partial charge is 0.339 e. The van der Waals surface area contributed by atoms with Crippen molar-refractivity contribution in [2.45, 2.75) is 13.8 Å². The third-order valence-corrected chi connectivity index (χ3v) is 5.80. The van der Waals surface area contributed by atoms with Gasteiger partial charge in [0.15, 0.2) is 6.61 Å². The van der Waals surface area contributed by atoms with Crippen molar-refractivity contribution in [3.63, 3.8) is 0 Å². The first kappa shape index (κ1) is 23.0. The molecule has 7 heteroatoms. The van der Waals surface area contributed by atoms with Gasteiger partial charge in [-0.15, -0.1) is 0 Å². The molecule has 0 fully saturated rings. The molecule has 0 spiro atoms. The number of amides is 1. The summed E-state index contributed by atoms with van der Waals surface area (Å²) in [7, 11) is 0. The second-order valence-corrected chi connectivity index (χ2v) is 8.41. The van der Waals surface area contributed by atoms with Gasteiger partial charge in [0, 0.05) is 16.8 Å². The van der Waals surface area contributed by atoms with Crippen LogP contribution in [0.5, 0.6) is 0 Å². The summed E-state index contributed by atoms with van der Waals surface area (Å²) in [6.07, 6.45) is 0.